The van der Waals surface area contributed by atoms with Gasteiger partial charge in [0.15, 0.2) is 0 Å². The van der Waals surface area contributed by atoms with E-state index in [1.807, 2.05) is 0 Å². The van der Waals surface area contributed by atoms with E-state index >= 15 is 0 Å². The van der Waals surface area contributed by atoms with Crippen LogP contribution in [-0.4, -0.2) is 53.3 Å². The van der Waals surface area contributed by atoms with E-state index in [0.717, 1.165) is 43.6 Å². The van der Waals surface area contributed by atoms with Gasteiger partial charge in [-0.2, -0.15) is 0 Å². The van der Waals surface area contributed by atoms with Crippen molar-refractivity contribution in [2.75, 3.05) is 44.2 Å². The quantitative estimate of drug-likeness (QED) is 0.793. The molecule has 16 heavy (non-hydrogen) atoms. The average Bonchev–Trinajstić information content (AvgIpc) is 2.71. The highest BCUT2D eigenvalue weighted by molar-refractivity contribution is 7.85. The molecule has 0 spiro atoms. The van der Waals surface area contributed by atoms with Crippen molar-refractivity contribution < 1.29 is 4.21 Å². The lowest BCUT2D eigenvalue weighted by Crippen LogP contribution is -2.47. The Morgan fingerprint density at radius 1 is 1.38 bits per heavy atom. The van der Waals surface area contributed by atoms with E-state index in [-0.39, 0.29) is 0 Å². The SMILES string of the molecule is CC(C)C1(CN2CCS(=O)CC2)CCNC1. The Kier molecular flexibility index (Phi) is 4.03. The predicted molar refractivity (Wildman–Crippen MR) is 69.1 cm³/mol. The minimum absolute atomic E-state index is 0.457. The standard InChI is InChI=1S/C12H24N2OS/c1-11(2)12(3-4-13-9-12)10-14-5-7-16(15)8-6-14/h11,13H,3-10H2,1-2H3. The molecule has 2 saturated heterocycles. The van der Waals surface area contributed by atoms with E-state index < -0.39 is 10.8 Å². The van der Waals surface area contributed by atoms with Crippen LogP contribution in [0.4, 0.5) is 0 Å². The number of hydrogen-bond acceptors (Lipinski definition) is 3. The molecule has 0 aromatic carbocycles. The zero-order valence-electron chi connectivity index (χ0n) is 10.5. The number of hydrogen-bond donors (Lipinski definition) is 1. The lowest BCUT2D eigenvalue weighted by atomic mass is 9.76. The monoisotopic (exact) mass is 244 g/mol. The smallest absolute Gasteiger partial charge is 0.0363 e. The van der Waals surface area contributed by atoms with Gasteiger partial charge in [-0.05, 0) is 24.3 Å². The van der Waals surface area contributed by atoms with Crippen molar-refractivity contribution in [3.05, 3.63) is 0 Å². The molecule has 2 rings (SSSR count). The summed E-state index contributed by atoms with van der Waals surface area (Å²) in [6.45, 7) is 10.3. The van der Waals surface area contributed by atoms with Crippen molar-refractivity contribution in [3.63, 3.8) is 0 Å². The number of nitrogens with one attached hydrogen (secondary N) is 1. The minimum Gasteiger partial charge on any atom is -0.316 e. The van der Waals surface area contributed by atoms with Crippen LogP contribution < -0.4 is 5.32 Å². The van der Waals surface area contributed by atoms with Crippen molar-refractivity contribution in [3.8, 4) is 0 Å². The molecule has 3 nitrogen and oxygen atoms in total. The highest BCUT2D eigenvalue weighted by Gasteiger charge is 2.38. The lowest BCUT2D eigenvalue weighted by molar-refractivity contribution is 0.124. The molecule has 0 aromatic heterocycles. The van der Waals surface area contributed by atoms with E-state index in [4.69, 9.17) is 0 Å². The highest BCUT2D eigenvalue weighted by atomic mass is 32.2. The third-order valence-electron chi connectivity index (χ3n) is 4.31. The molecule has 2 heterocycles. The summed E-state index contributed by atoms with van der Waals surface area (Å²) >= 11 is 0. The van der Waals surface area contributed by atoms with Crippen molar-refractivity contribution in [1.29, 1.82) is 0 Å². The Bertz CT molecular complexity index is 252. The Morgan fingerprint density at radius 2 is 2.06 bits per heavy atom. The summed E-state index contributed by atoms with van der Waals surface area (Å²) in [4.78, 5) is 2.52. The Balaban J connectivity index is 1.93. The number of rotatable bonds is 3. The molecule has 0 aromatic rings. The predicted octanol–water partition coefficient (Wildman–Crippen LogP) is 0.686. The van der Waals surface area contributed by atoms with E-state index in [0.29, 0.717) is 5.41 Å². The van der Waals surface area contributed by atoms with Crippen LogP contribution in [0.15, 0.2) is 0 Å². The molecule has 0 bridgehead atoms. The molecular weight excluding hydrogens is 220 g/mol. The van der Waals surface area contributed by atoms with Crippen molar-refractivity contribution in [2.45, 2.75) is 20.3 Å². The summed E-state index contributed by atoms with van der Waals surface area (Å²) in [5.74, 6) is 2.48. The normalized spacial score (nSPS) is 33.7. The topological polar surface area (TPSA) is 32.3 Å². The molecule has 0 saturated carbocycles. The molecule has 94 valence electrons. The first-order chi connectivity index (χ1) is 7.62. The maximum absolute atomic E-state index is 11.3. The Labute approximate surface area is 101 Å². The van der Waals surface area contributed by atoms with Crippen LogP contribution >= 0.6 is 0 Å². The molecular formula is C12H24N2OS. The molecule has 0 aliphatic carbocycles. The molecule has 2 fully saturated rings. The first-order valence-corrected chi connectivity index (χ1v) is 7.89. The van der Waals surface area contributed by atoms with Gasteiger partial charge in [-0.3, -0.25) is 4.21 Å². The van der Waals surface area contributed by atoms with Crippen LogP contribution in [0.25, 0.3) is 0 Å². The van der Waals surface area contributed by atoms with E-state index in [2.05, 4.69) is 24.1 Å². The van der Waals surface area contributed by atoms with Gasteiger partial charge in [0.05, 0.1) is 0 Å². The van der Waals surface area contributed by atoms with Crippen LogP contribution in [0, 0.1) is 11.3 Å². The molecule has 0 radical (unpaired) electrons. The molecule has 4 heteroatoms. The fourth-order valence-electron chi connectivity index (χ4n) is 2.85. The second-order valence-electron chi connectivity index (χ2n) is 5.57. The maximum Gasteiger partial charge on any atom is 0.0363 e. The summed E-state index contributed by atoms with van der Waals surface area (Å²) < 4.78 is 11.3. The van der Waals surface area contributed by atoms with Crippen molar-refractivity contribution in [1.82, 2.24) is 10.2 Å². The number of nitrogens with zero attached hydrogens (tertiary/aromatic N) is 1. The average molecular weight is 244 g/mol. The summed E-state index contributed by atoms with van der Waals surface area (Å²) in [6, 6.07) is 0. The third kappa shape index (κ3) is 2.66. The van der Waals surface area contributed by atoms with Crippen molar-refractivity contribution in [2.24, 2.45) is 11.3 Å². The van der Waals surface area contributed by atoms with Gasteiger partial charge < -0.3 is 10.2 Å². The maximum atomic E-state index is 11.3. The summed E-state index contributed by atoms with van der Waals surface area (Å²) in [6.07, 6.45) is 1.30. The molecule has 2 aliphatic rings. The van der Waals surface area contributed by atoms with E-state index in [9.17, 15) is 4.21 Å². The fourth-order valence-corrected chi connectivity index (χ4v) is 3.98. The van der Waals surface area contributed by atoms with Crippen LogP contribution in [0.3, 0.4) is 0 Å². The largest absolute Gasteiger partial charge is 0.316 e. The Hall–Kier alpha value is 0.0700. The van der Waals surface area contributed by atoms with Crippen molar-refractivity contribution >= 4 is 10.8 Å². The van der Waals surface area contributed by atoms with Gasteiger partial charge in [0.25, 0.3) is 0 Å². The summed E-state index contributed by atoms with van der Waals surface area (Å²) in [5, 5.41) is 3.51. The van der Waals surface area contributed by atoms with Gasteiger partial charge in [0.1, 0.15) is 0 Å². The highest BCUT2D eigenvalue weighted by Crippen LogP contribution is 2.35. The van der Waals surface area contributed by atoms with E-state index in [1.165, 1.54) is 13.0 Å². The summed E-state index contributed by atoms with van der Waals surface area (Å²) in [7, 11) is -0.546. The second kappa shape index (κ2) is 5.15. The summed E-state index contributed by atoms with van der Waals surface area (Å²) in [5.41, 5.74) is 0.457. The molecule has 2 aliphatic heterocycles. The van der Waals surface area contributed by atoms with Crippen LogP contribution in [0.1, 0.15) is 20.3 Å². The lowest BCUT2D eigenvalue weighted by Gasteiger charge is -2.39. The van der Waals surface area contributed by atoms with Gasteiger partial charge >= 0.3 is 0 Å². The zero-order chi connectivity index (χ0) is 11.6. The van der Waals surface area contributed by atoms with Gasteiger partial charge in [-0.25, -0.2) is 0 Å². The molecule has 1 N–H and O–H groups in total. The fraction of sp³-hybridized carbons (Fsp3) is 1.00. The van der Waals surface area contributed by atoms with Gasteiger partial charge in [0.2, 0.25) is 0 Å². The van der Waals surface area contributed by atoms with Crippen LogP contribution in [0.2, 0.25) is 0 Å². The van der Waals surface area contributed by atoms with Crippen LogP contribution in [0.5, 0.6) is 0 Å². The molecule has 1 atom stereocenters. The minimum atomic E-state index is -0.546. The first kappa shape index (κ1) is 12.5. The second-order valence-corrected chi connectivity index (χ2v) is 7.26. The third-order valence-corrected chi connectivity index (χ3v) is 5.59. The van der Waals surface area contributed by atoms with Gasteiger partial charge in [-0.15, -0.1) is 0 Å². The zero-order valence-corrected chi connectivity index (χ0v) is 11.3. The van der Waals surface area contributed by atoms with E-state index in [1.54, 1.807) is 0 Å². The first-order valence-electron chi connectivity index (χ1n) is 6.40. The molecule has 1 unspecified atom stereocenters. The Morgan fingerprint density at radius 3 is 2.56 bits per heavy atom. The molecule has 0 amide bonds. The van der Waals surface area contributed by atoms with Crippen LogP contribution in [-0.2, 0) is 10.8 Å². The van der Waals surface area contributed by atoms with Gasteiger partial charge in [0, 0.05) is 48.5 Å². The van der Waals surface area contributed by atoms with Gasteiger partial charge in [-0.1, -0.05) is 13.8 Å².